The maximum absolute atomic E-state index is 11.9. The molecule has 0 aliphatic heterocycles. The Morgan fingerprint density at radius 1 is 1.32 bits per heavy atom. The lowest BCUT2D eigenvalue weighted by Gasteiger charge is -2.08. The van der Waals surface area contributed by atoms with Gasteiger partial charge in [0.2, 0.25) is 5.91 Å². The van der Waals surface area contributed by atoms with Gasteiger partial charge in [-0.15, -0.1) is 0 Å². The van der Waals surface area contributed by atoms with Gasteiger partial charge in [0.25, 0.3) is 5.56 Å². The first-order valence-corrected chi connectivity index (χ1v) is 7.40. The van der Waals surface area contributed by atoms with Crippen LogP contribution in [-0.4, -0.2) is 20.4 Å². The Bertz CT molecular complexity index is 667. The summed E-state index contributed by atoms with van der Waals surface area (Å²) in [7, 11) is 0. The van der Waals surface area contributed by atoms with Gasteiger partial charge in [-0.2, -0.15) is 0 Å². The molecular formula is C16H20N4O2. The average molecular weight is 300 g/mol. The van der Waals surface area contributed by atoms with Gasteiger partial charge in [0, 0.05) is 30.7 Å². The van der Waals surface area contributed by atoms with E-state index in [9.17, 15) is 9.59 Å². The van der Waals surface area contributed by atoms with Crippen molar-refractivity contribution in [2.75, 3.05) is 0 Å². The number of aryl methyl sites for hydroxylation is 1. The molecule has 0 aliphatic rings. The number of rotatable bonds is 7. The van der Waals surface area contributed by atoms with Gasteiger partial charge in [0.15, 0.2) is 0 Å². The normalized spacial score (nSPS) is 10.4. The third-order valence-electron chi connectivity index (χ3n) is 3.28. The number of hydrogen-bond acceptors (Lipinski definition) is 4. The van der Waals surface area contributed by atoms with Crippen molar-refractivity contribution < 1.29 is 4.79 Å². The second kappa shape index (κ2) is 8.07. The fourth-order valence-electron chi connectivity index (χ4n) is 1.99. The molecule has 0 saturated heterocycles. The molecule has 0 fully saturated rings. The number of nitrogens with one attached hydrogen (secondary N) is 1. The largest absolute Gasteiger partial charge is 0.350 e. The summed E-state index contributed by atoms with van der Waals surface area (Å²) in [5.74, 6) is -0.220. The Labute approximate surface area is 129 Å². The smallest absolute Gasteiger partial charge is 0.253 e. The van der Waals surface area contributed by atoms with Crippen LogP contribution in [0, 0.1) is 0 Å². The zero-order valence-electron chi connectivity index (χ0n) is 12.7. The molecule has 6 nitrogen and oxygen atoms in total. The topological polar surface area (TPSA) is 76.9 Å². The fourth-order valence-corrected chi connectivity index (χ4v) is 1.99. The Morgan fingerprint density at radius 3 is 2.77 bits per heavy atom. The van der Waals surface area contributed by atoms with E-state index in [1.54, 1.807) is 12.4 Å². The summed E-state index contributed by atoms with van der Waals surface area (Å²) in [5.41, 5.74) is 1.55. The van der Waals surface area contributed by atoms with Gasteiger partial charge in [-0.25, -0.2) is 4.98 Å². The highest BCUT2D eigenvalue weighted by atomic mass is 16.2. The second-order valence-electron chi connectivity index (χ2n) is 5.08. The van der Waals surface area contributed by atoms with Gasteiger partial charge >= 0.3 is 0 Å². The van der Waals surface area contributed by atoms with E-state index in [0.717, 1.165) is 30.5 Å². The van der Waals surface area contributed by atoms with E-state index in [1.165, 1.54) is 17.0 Å². The molecule has 2 aromatic heterocycles. The summed E-state index contributed by atoms with van der Waals surface area (Å²) < 4.78 is 1.32. The highest BCUT2D eigenvalue weighted by Crippen LogP contribution is 1.98. The van der Waals surface area contributed by atoms with Crippen LogP contribution >= 0.6 is 0 Å². The minimum Gasteiger partial charge on any atom is -0.350 e. The Balaban J connectivity index is 1.90. The van der Waals surface area contributed by atoms with Crippen LogP contribution in [0.15, 0.2) is 41.7 Å². The van der Waals surface area contributed by atoms with Crippen LogP contribution in [0.2, 0.25) is 0 Å². The van der Waals surface area contributed by atoms with Crippen LogP contribution in [-0.2, 0) is 24.3 Å². The lowest BCUT2D eigenvalue weighted by molar-refractivity contribution is -0.121. The van der Waals surface area contributed by atoms with Crippen molar-refractivity contribution in [2.24, 2.45) is 0 Å². The van der Waals surface area contributed by atoms with E-state index >= 15 is 0 Å². The van der Waals surface area contributed by atoms with Gasteiger partial charge in [-0.1, -0.05) is 13.3 Å². The first-order valence-electron chi connectivity index (χ1n) is 7.40. The van der Waals surface area contributed by atoms with E-state index < -0.39 is 0 Å². The van der Waals surface area contributed by atoms with Crippen molar-refractivity contribution in [2.45, 2.75) is 39.3 Å². The molecule has 0 saturated carbocycles. The molecule has 6 heteroatoms. The number of amides is 1. The highest BCUT2D eigenvalue weighted by molar-refractivity contribution is 5.75. The zero-order chi connectivity index (χ0) is 15.8. The Morgan fingerprint density at radius 2 is 2.09 bits per heavy atom. The molecule has 0 unspecified atom stereocenters. The first kappa shape index (κ1) is 15.9. The lowest BCUT2D eigenvalue weighted by atomic mass is 10.2. The zero-order valence-corrected chi connectivity index (χ0v) is 12.7. The van der Waals surface area contributed by atoms with Crippen LogP contribution in [0.3, 0.4) is 0 Å². The summed E-state index contributed by atoms with van der Waals surface area (Å²) in [6.45, 7) is 2.48. The molecule has 0 radical (unpaired) electrons. The molecule has 2 rings (SSSR count). The number of pyridine rings is 1. The number of aromatic nitrogens is 3. The summed E-state index contributed by atoms with van der Waals surface area (Å²) in [4.78, 5) is 32.0. The molecule has 0 bridgehead atoms. The minimum atomic E-state index is -0.220. The molecule has 1 amide bonds. The summed E-state index contributed by atoms with van der Waals surface area (Å²) in [6, 6.07) is 5.17. The van der Waals surface area contributed by atoms with Gasteiger partial charge in [-0.3, -0.25) is 19.1 Å². The van der Waals surface area contributed by atoms with Crippen molar-refractivity contribution in [1.29, 1.82) is 0 Å². The molecule has 116 valence electrons. The van der Waals surface area contributed by atoms with Crippen LogP contribution in [0.5, 0.6) is 0 Å². The quantitative estimate of drug-likeness (QED) is 0.836. The van der Waals surface area contributed by atoms with Crippen LogP contribution < -0.4 is 10.9 Å². The predicted molar refractivity (Wildman–Crippen MR) is 83.2 cm³/mol. The lowest BCUT2D eigenvalue weighted by Crippen LogP contribution is -2.32. The van der Waals surface area contributed by atoms with Crippen molar-refractivity contribution in [3.8, 4) is 0 Å². The third kappa shape index (κ3) is 4.80. The van der Waals surface area contributed by atoms with Gasteiger partial charge in [-0.05, 0) is 30.5 Å². The Kier molecular flexibility index (Phi) is 5.82. The van der Waals surface area contributed by atoms with E-state index in [2.05, 4.69) is 22.2 Å². The molecule has 2 heterocycles. The Hall–Kier alpha value is -2.50. The summed E-state index contributed by atoms with van der Waals surface area (Å²) >= 11 is 0. The standard InChI is InChI=1S/C16H20N4O2/c1-2-3-4-14-9-16(22)20(12-19-14)11-15(21)18-10-13-5-7-17-8-6-13/h5-9,12H,2-4,10-11H2,1H3,(H,18,21). The predicted octanol–water partition coefficient (Wildman–Crippen LogP) is 1.30. The van der Waals surface area contributed by atoms with Crippen LogP contribution in [0.1, 0.15) is 31.0 Å². The number of unbranched alkanes of at least 4 members (excludes halogenated alkanes) is 1. The number of hydrogen-bond donors (Lipinski definition) is 1. The SMILES string of the molecule is CCCCc1cc(=O)n(CC(=O)NCc2ccncc2)cn1. The number of nitrogens with zero attached hydrogens (tertiary/aromatic N) is 3. The monoisotopic (exact) mass is 300 g/mol. The van der Waals surface area contributed by atoms with Gasteiger partial charge in [0.1, 0.15) is 6.54 Å². The maximum Gasteiger partial charge on any atom is 0.253 e. The van der Waals surface area contributed by atoms with E-state index in [-0.39, 0.29) is 18.0 Å². The summed E-state index contributed by atoms with van der Waals surface area (Å²) in [6.07, 6.45) is 7.64. The van der Waals surface area contributed by atoms with Gasteiger partial charge in [0.05, 0.1) is 6.33 Å². The average Bonchev–Trinajstić information content (AvgIpc) is 2.54. The van der Waals surface area contributed by atoms with Crippen molar-refractivity contribution in [3.05, 3.63) is 58.5 Å². The van der Waals surface area contributed by atoms with Crippen LogP contribution in [0.4, 0.5) is 0 Å². The van der Waals surface area contributed by atoms with Crippen molar-refractivity contribution in [1.82, 2.24) is 19.9 Å². The first-order chi connectivity index (χ1) is 10.7. The molecule has 0 aromatic carbocycles. The molecule has 0 atom stereocenters. The molecular weight excluding hydrogens is 280 g/mol. The molecule has 2 aromatic rings. The van der Waals surface area contributed by atoms with E-state index in [0.29, 0.717) is 6.54 Å². The highest BCUT2D eigenvalue weighted by Gasteiger charge is 2.06. The third-order valence-corrected chi connectivity index (χ3v) is 3.28. The summed E-state index contributed by atoms with van der Waals surface area (Å²) in [5, 5.41) is 2.77. The fraction of sp³-hybridized carbons (Fsp3) is 0.375. The van der Waals surface area contributed by atoms with Crippen LogP contribution in [0.25, 0.3) is 0 Å². The maximum atomic E-state index is 11.9. The van der Waals surface area contributed by atoms with Crippen molar-refractivity contribution >= 4 is 5.91 Å². The van der Waals surface area contributed by atoms with Gasteiger partial charge < -0.3 is 5.32 Å². The minimum absolute atomic E-state index is 0.0228. The second-order valence-corrected chi connectivity index (χ2v) is 5.08. The number of carbonyl (C=O) groups excluding carboxylic acids is 1. The van der Waals surface area contributed by atoms with E-state index in [1.807, 2.05) is 12.1 Å². The molecule has 22 heavy (non-hydrogen) atoms. The number of carbonyl (C=O) groups is 1. The molecule has 1 N–H and O–H groups in total. The van der Waals surface area contributed by atoms with Crippen molar-refractivity contribution in [3.63, 3.8) is 0 Å². The molecule has 0 spiro atoms. The molecule has 0 aliphatic carbocycles. The van der Waals surface area contributed by atoms with E-state index in [4.69, 9.17) is 0 Å².